The molecule has 0 saturated heterocycles. The Morgan fingerprint density at radius 1 is 1.47 bits per heavy atom. The van der Waals surface area contributed by atoms with E-state index in [0.717, 1.165) is 10.8 Å². The Morgan fingerprint density at radius 2 is 2.06 bits per heavy atom. The molecule has 0 fully saturated rings. The summed E-state index contributed by atoms with van der Waals surface area (Å²) in [6.45, 7) is 1.99. The van der Waals surface area contributed by atoms with E-state index in [2.05, 4.69) is 14.1 Å². The van der Waals surface area contributed by atoms with E-state index in [1.54, 1.807) is 11.7 Å². The van der Waals surface area contributed by atoms with E-state index in [-0.39, 0.29) is 5.88 Å². The number of aromatic nitrogens is 2. The smallest absolute Gasteiger partial charge is 0.382 e. The van der Waals surface area contributed by atoms with Crippen molar-refractivity contribution in [3.63, 3.8) is 0 Å². The van der Waals surface area contributed by atoms with E-state index >= 15 is 0 Å². The summed E-state index contributed by atoms with van der Waals surface area (Å²) < 4.78 is 27.7. The van der Waals surface area contributed by atoms with Crippen LogP contribution in [0.4, 0.5) is 0 Å². The van der Waals surface area contributed by atoms with Gasteiger partial charge in [0.1, 0.15) is 10.0 Å². The SMILES string of the molecule is CCSc1c(Cl)c(OP(=O)(OC)OC)nn1C. The van der Waals surface area contributed by atoms with Crippen molar-refractivity contribution in [2.45, 2.75) is 11.9 Å². The molecule has 98 valence electrons. The van der Waals surface area contributed by atoms with Gasteiger partial charge < -0.3 is 4.52 Å². The largest absolute Gasteiger partial charge is 0.530 e. The molecule has 1 rings (SSSR count). The number of nitrogens with zero attached hydrogens (tertiary/aromatic N) is 2. The van der Waals surface area contributed by atoms with E-state index in [4.69, 9.17) is 16.1 Å². The Bertz CT molecular complexity index is 431. The Morgan fingerprint density at radius 3 is 2.53 bits per heavy atom. The van der Waals surface area contributed by atoms with Crippen LogP contribution in [-0.2, 0) is 20.7 Å². The fourth-order valence-electron chi connectivity index (χ4n) is 1.07. The highest BCUT2D eigenvalue weighted by Crippen LogP contribution is 2.50. The number of phosphoric ester groups is 1. The van der Waals surface area contributed by atoms with Gasteiger partial charge in [0.05, 0.1) is 0 Å². The molecule has 9 heteroatoms. The first-order valence-corrected chi connectivity index (χ1v) is 7.56. The number of hydrogen-bond donors (Lipinski definition) is 0. The van der Waals surface area contributed by atoms with E-state index < -0.39 is 7.82 Å². The minimum Gasteiger partial charge on any atom is -0.382 e. The second-order valence-electron chi connectivity index (χ2n) is 2.88. The number of phosphoric acid groups is 1. The van der Waals surface area contributed by atoms with Crippen LogP contribution >= 0.6 is 31.2 Å². The maximum absolute atomic E-state index is 11.8. The second kappa shape index (κ2) is 6.11. The molecular weight excluding hydrogens is 287 g/mol. The first-order valence-electron chi connectivity index (χ1n) is 4.73. The first kappa shape index (κ1) is 14.9. The van der Waals surface area contributed by atoms with Gasteiger partial charge in [-0.05, 0) is 5.75 Å². The van der Waals surface area contributed by atoms with Gasteiger partial charge in [0, 0.05) is 21.3 Å². The molecule has 1 heterocycles. The zero-order valence-corrected chi connectivity index (χ0v) is 12.4. The zero-order valence-electron chi connectivity index (χ0n) is 9.97. The average Bonchev–Trinajstić information content (AvgIpc) is 2.57. The van der Waals surface area contributed by atoms with E-state index in [9.17, 15) is 4.57 Å². The summed E-state index contributed by atoms with van der Waals surface area (Å²) in [7, 11) is 0.549. The summed E-state index contributed by atoms with van der Waals surface area (Å²) in [6.07, 6.45) is 0. The quantitative estimate of drug-likeness (QED) is 0.594. The van der Waals surface area contributed by atoms with Gasteiger partial charge in [-0.1, -0.05) is 18.5 Å². The fourth-order valence-corrected chi connectivity index (χ4v) is 2.83. The molecule has 0 saturated carbocycles. The molecule has 0 radical (unpaired) electrons. The van der Waals surface area contributed by atoms with Crippen molar-refractivity contribution in [2.75, 3.05) is 20.0 Å². The number of aryl methyl sites for hydroxylation is 1. The van der Waals surface area contributed by atoms with Gasteiger partial charge in [-0.3, -0.25) is 13.7 Å². The number of halogens is 1. The van der Waals surface area contributed by atoms with Crippen molar-refractivity contribution in [1.29, 1.82) is 0 Å². The summed E-state index contributed by atoms with van der Waals surface area (Å²) >= 11 is 7.57. The van der Waals surface area contributed by atoms with E-state index in [1.165, 1.54) is 26.0 Å². The summed E-state index contributed by atoms with van der Waals surface area (Å²) in [4.78, 5) is 0. The molecule has 1 aromatic heterocycles. The lowest BCUT2D eigenvalue weighted by Gasteiger charge is -2.11. The normalized spacial score (nSPS) is 11.8. The molecular formula is C8H14ClN2O4PS. The molecule has 0 amide bonds. The van der Waals surface area contributed by atoms with Crippen LogP contribution in [-0.4, -0.2) is 29.8 Å². The maximum Gasteiger partial charge on any atom is 0.530 e. The molecule has 0 N–H and O–H groups in total. The van der Waals surface area contributed by atoms with Gasteiger partial charge in [-0.2, -0.15) is 0 Å². The van der Waals surface area contributed by atoms with Crippen LogP contribution < -0.4 is 4.52 Å². The van der Waals surface area contributed by atoms with E-state index in [0.29, 0.717) is 5.02 Å². The molecule has 0 aliphatic heterocycles. The Kier molecular flexibility index (Phi) is 5.34. The molecule has 0 bridgehead atoms. The van der Waals surface area contributed by atoms with Gasteiger partial charge in [0.25, 0.3) is 5.88 Å². The predicted octanol–water partition coefficient (Wildman–Crippen LogP) is 2.97. The molecule has 17 heavy (non-hydrogen) atoms. The summed E-state index contributed by atoms with van der Waals surface area (Å²) in [5.74, 6) is 0.877. The predicted molar refractivity (Wildman–Crippen MR) is 66.9 cm³/mol. The lowest BCUT2D eigenvalue weighted by molar-refractivity contribution is 0.208. The molecule has 6 nitrogen and oxygen atoms in total. The first-order chi connectivity index (χ1) is 7.97. The highest BCUT2D eigenvalue weighted by atomic mass is 35.5. The maximum atomic E-state index is 11.8. The number of rotatable bonds is 6. The molecule has 0 spiro atoms. The highest BCUT2D eigenvalue weighted by Gasteiger charge is 2.29. The monoisotopic (exact) mass is 300 g/mol. The standard InChI is InChI=1S/C8H14ClN2O4PS/c1-5-17-8-6(9)7(10-11(8)2)15-16(12,13-3)14-4/h5H2,1-4H3. The van der Waals surface area contributed by atoms with Crippen LogP contribution in [0.2, 0.25) is 5.02 Å². The minimum atomic E-state index is -3.62. The van der Waals surface area contributed by atoms with Crippen LogP contribution in [0.3, 0.4) is 0 Å². The number of hydrogen-bond acceptors (Lipinski definition) is 6. The third kappa shape index (κ3) is 3.39. The van der Waals surface area contributed by atoms with Crippen molar-refractivity contribution in [3.05, 3.63) is 5.02 Å². The molecule has 0 atom stereocenters. The van der Waals surface area contributed by atoms with Gasteiger partial charge in [-0.15, -0.1) is 16.9 Å². The van der Waals surface area contributed by atoms with Crippen LogP contribution in [0, 0.1) is 0 Å². The zero-order chi connectivity index (χ0) is 13.1. The molecule has 0 unspecified atom stereocenters. The molecule has 1 aromatic rings. The van der Waals surface area contributed by atoms with Crippen LogP contribution in [0.1, 0.15) is 6.92 Å². The molecule has 0 aliphatic rings. The third-order valence-electron chi connectivity index (χ3n) is 1.84. The molecule has 0 aliphatic carbocycles. The van der Waals surface area contributed by atoms with E-state index in [1.807, 2.05) is 6.92 Å². The fraction of sp³-hybridized carbons (Fsp3) is 0.625. The lowest BCUT2D eigenvalue weighted by atomic mass is 10.7. The minimum absolute atomic E-state index is 0.0390. The Balaban J connectivity index is 3.00. The molecule has 0 aromatic carbocycles. The summed E-state index contributed by atoms with van der Waals surface area (Å²) in [5, 5.41) is 5.06. The summed E-state index contributed by atoms with van der Waals surface area (Å²) in [5.41, 5.74) is 0. The van der Waals surface area contributed by atoms with Crippen LogP contribution in [0.5, 0.6) is 5.88 Å². The van der Waals surface area contributed by atoms with Crippen molar-refractivity contribution in [3.8, 4) is 5.88 Å². The Hall–Kier alpha value is -0.200. The lowest BCUT2D eigenvalue weighted by Crippen LogP contribution is -1.98. The Labute approximate surface area is 109 Å². The van der Waals surface area contributed by atoms with Crippen molar-refractivity contribution >= 4 is 31.2 Å². The third-order valence-corrected chi connectivity index (χ3v) is 4.61. The highest BCUT2D eigenvalue weighted by molar-refractivity contribution is 7.99. The number of thioether (sulfide) groups is 1. The van der Waals surface area contributed by atoms with Crippen molar-refractivity contribution < 1.29 is 18.1 Å². The average molecular weight is 301 g/mol. The summed E-state index contributed by atoms with van der Waals surface area (Å²) in [6, 6.07) is 0. The van der Waals surface area contributed by atoms with Crippen LogP contribution in [0.15, 0.2) is 5.03 Å². The second-order valence-corrected chi connectivity index (χ2v) is 6.32. The van der Waals surface area contributed by atoms with Gasteiger partial charge in [0.15, 0.2) is 0 Å². The van der Waals surface area contributed by atoms with Crippen molar-refractivity contribution in [1.82, 2.24) is 9.78 Å². The van der Waals surface area contributed by atoms with Crippen LogP contribution in [0.25, 0.3) is 0 Å². The van der Waals surface area contributed by atoms with Gasteiger partial charge in [0.2, 0.25) is 0 Å². The topological polar surface area (TPSA) is 62.6 Å². The van der Waals surface area contributed by atoms with Gasteiger partial charge >= 0.3 is 7.82 Å². The van der Waals surface area contributed by atoms with Crippen molar-refractivity contribution in [2.24, 2.45) is 7.05 Å². The van der Waals surface area contributed by atoms with Gasteiger partial charge in [-0.25, -0.2) is 4.57 Å².